The third-order valence-electron chi connectivity index (χ3n) is 3.60. The molecule has 3 aromatic heterocycles. The standard InChI is InChI=1S/C15H14N4S/c1-2-7-19(6-1)14-8-13-12(10-17-14)18-15(20-13)11-4-3-5-16-9-11/h3-5,8-10H,1-2,6-7H2. The highest BCUT2D eigenvalue weighted by molar-refractivity contribution is 7.21. The van der Waals surface area contributed by atoms with Crippen molar-refractivity contribution in [2.75, 3.05) is 18.0 Å². The molecular weight excluding hydrogens is 268 g/mol. The van der Waals surface area contributed by atoms with Crippen molar-refractivity contribution < 1.29 is 0 Å². The number of hydrogen-bond donors (Lipinski definition) is 0. The largest absolute Gasteiger partial charge is 0.357 e. The number of thiazole rings is 1. The minimum Gasteiger partial charge on any atom is -0.357 e. The van der Waals surface area contributed by atoms with E-state index in [-0.39, 0.29) is 0 Å². The predicted octanol–water partition coefficient (Wildman–Crippen LogP) is 3.35. The van der Waals surface area contributed by atoms with Gasteiger partial charge in [0.05, 0.1) is 10.9 Å². The Hall–Kier alpha value is -2.01. The highest BCUT2D eigenvalue weighted by Gasteiger charge is 2.15. The van der Waals surface area contributed by atoms with Gasteiger partial charge in [0.2, 0.25) is 0 Å². The Morgan fingerprint density at radius 2 is 2.05 bits per heavy atom. The molecule has 0 amide bonds. The molecule has 4 nitrogen and oxygen atoms in total. The summed E-state index contributed by atoms with van der Waals surface area (Å²) < 4.78 is 1.20. The topological polar surface area (TPSA) is 41.9 Å². The number of aromatic nitrogens is 3. The van der Waals surface area contributed by atoms with E-state index < -0.39 is 0 Å². The van der Waals surface area contributed by atoms with Gasteiger partial charge in [-0.3, -0.25) is 4.98 Å². The zero-order chi connectivity index (χ0) is 13.4. The molecule has 1 aliphatic heterocycles. The van der Waals surface area contributed by atoms with Gasteiger partial charge in [0, 0.05) is 37.1 Å². The van der Waals surface area contributed by atoms with Crippen LogP contribution in [0.5, 0.6) is 0 Å². The van der Waals surface area contributed by atoms with Crippen LogP contribution in [0.25, 0.3) is 20.8 Å². The third kappa shape index (κ3) is 2.04. The fourth-order valence-corrected chi connectivity index (χ4v) is 3.51. The Kier molecular flexibility index (Phi) is 2.85. The van der Waals surface area contributed by atoms with Crippen LogP contribution in [-0.2, 0) is 0 Å². The average Bonchev–Trinajstić information content (AvgIpc) is 3.16. The van der Waals surface area contributed by atoms with Crippen molar-refractivity contribution in [2.45, 2.75) is 12.8 Å². The van der Waals surface area contributed by atoms with Crippen LogP contribution in [0.1, 0.15) is 12.8 Å². The number of pyridine rings is 2. The Morgan fingerprint density at radius 3 is 2.85 bits per heavy atom. The summed E-state index contributed by atoms with van der Waals surface area (Å²) in [6.07, 6.45) is 8.06. The molecule has 1 saturated heterocycles. The van der Waals surface area contributed by atoms with Gasteiger partial charge in [-0.2, -0.15) is 0 Å². The van der Waals surface area contributed by atoms with Crippen molar-refractivity contribution in [3.8, 4) is 10.6 Å². The van der Waals surface area contributed by atoms with Crippen molar-refractivity contribution in [1.29, 1.82) is 0 Å². The van der Waals surface area contributed by atoms with Crippen LogP contribution < -0.4 is 4.90 Å². The number of fused-ring (bicyclic) bond motifs is 1. The quantitative estimate of drug-likeness (QED) is 0.723. The lowest BCUT2D eigenvalue weighted by Crippen LogP contribution is -2.18. The molecule has 1 aliphatic rings. The van der Waals surface area contributed by atoms with Crippen molar-refractivity contribution in [3.05, 3.63) is 36.8 Å². The highest BCUT2D eigenvalue weighted by atomic mass is 32.1. The van der Waals surface area contributed by atoms with Gasteiger partial charge in [-0.1, -0.05) is 0 Å². The molecule has 0 unspecified atom stereocenters. The summed E-state index contributed by atoms with van der Waals surface area (Å²) in [5.74, 6) is 1.08. The van der Waals surface area contributed by atoms with Crippen LogP contribution in [0.3, 0.4) is 0 Å². The molecule has 0 N–H and O–H groups in total. The first-order chi connectivity index (χ1) is 9.90. The first-order valence-electron chi connectivity index (χ1n) is 6.82. The van der Waals surface area contributed by atoms with Crippen molar-refractivity contribution >= 4 is 27.4 Å². The van der Waals surface area contributed by atoms with Crippen LogP contribution in [0.2, 0.25) is 0 Å². The molecule has 0 spiro atoms. The maximum Gasteiger partial charge on any atom is 0.130 e. The fraction of sp³-hybridized carbons (Fsp3) is 0.267. The maximum atomic E-state index is 4.65. The normalized spacial score (nSPS) is 15.1. The Labute approximate surface area is 121 Å². The van der Waals surface area contributed by atoms with Crippen LogP contribution in [0, 0.1) is 0 Å². The van der Waals surface area contributed by atoms with Crippen molar-refractivity contribution in [3.63, 3.8) is 0 Å². The van der Waals surface area contributed by atoms with E-state index in [1.807, 2.05) is 24.5 Å². The van der Waals surface area contributed by atoms with E-state index in [0.717, 1.165) is 35.0 Å². The van der Waals surface area contributed by atoms with Gasteiger partial charge in [0.25, 0.3) is 0 Å². The van der Waals surface area contributed by atoms with Crippen LogP contribution >= 0.6 is 11.3 Å². The summed E-state index contributed by atoms with van der Waals surface area (Å²) in [7, 11) is 0. The maximum absolute atomic E-state index is 4.65. The Bertz CT molecular complexity index is 732. The Balaban J connectivity index is 1.76. The summed E-state index contributed by atoms with van der Waals surface area (Å²) in [6.45, 7) is 2.24. The van der Waals surface area contributed by atoms with Crippen LogP contribution in [0.15, 0.2) is 36.8 Å². The molecule has 100 valence electrons. The molecule has 5 heteroatoms. The van der Waals surface area contributed by atoms with E-state index in [0.29, 0.717) is 0 Å². The molecular formula is C15H14N4S. The minimum atomic E-state index is 0.969. The molecule has 4 heterocycles. The van der Waals surface area contributed by atoms with E-state index in [4.69, 9.17) is 0 Å². The van der Waals surface area contributed by atoms with Crippen LogP contribution in [-0.4, -0.2) is 28.0 Å². The lowest BCUT2D eigenvalue weighted by Gasteiger charge is -2.15. The summed E-state index contributed by atoms with van der Waals surface area (Å²) in [4.78, 5) is 15.7. The number of nitrogens with zero attached hydrogens (tertiary/aromatic N) is 4. The molecule has 0 saturated carbocycles. The number of hydrogen-bond acceptors (Lipinski definition) is 5. The third-order valence-corrected chi connectivity index (χ3v) is 4.67. The molecule has 20 heavy (non-hydrogen) atoms. The summed E-state index contributed by atoms with van der Waals surface area (Å²) in [5, 5.41) is 1.01. The summed E-state index contributed by atoms with van der Waals surface area (Å²) >= 11 is 1.71. The fourth-order valence-electron chi connectivity index (χ4n) is 2.55. The highest BCUT2D eigenvalue weighted by Crippen LogP contribution is 2.31. The number of rotatable bonds is 2. The van der Waals surface area contributed by atoms with Gasteiger partial charge < -0.3 is 4.90 Å². The van der Waals surface area contributed by atoms with E-state index in [1.54, 1.807) is 17.5 Å². The van der Waals surface area contributed by atoms with E-state index in [2.05, 4.69) is 25.9 Å². The predicted molar refractivity (Wildman–Crippen MR) is 82.1 cm³/mol. The first-order valence-corrected chi connectivity index (χ1v) is 7.64. The van der Waals surface area contributed by atoms with E-state index in [9.17, 15) is 0 Å². The molecule has 0 aliphatic carbocycles. The average molecular weight is 282 g/mol. The molecule has 3 aromatic rings. The van der Waals surface area contributed by atoms with Crippen LogP contribution in [0.4, 0.5) is 5.82 Å². The molecule has 0 aromatic carbocycles. The van der Waals surface area contributed by atoms with Gasteiger partial charge >= 0.3 is 0 Å². The van der Waals surface area contributed by atoms with Crippen molar-refractivity contribution in [2.24, 2.45) is 0 Å². The zero-order valence-corrected chi connectivity index (χ0v) is 11.8. The van der Waals surface area contributed by atoms with E-state index in [1.165, 1.54) is 17.5 Å². The molecule has 4 rings (SSSR count). The summed E-state index contributed by atoms with van der Waals surface area (Å²) in [5.41, 5.74) is 2.04. The second kappa shape index (κ2) is 4.83. The lowest BCUT2D eigenvalue weighted by atomic mass is 10.3. The van der Waals surface area contributed by atoms with E-state index >= 15 is 0 Å². The second-order valence-corrected chi connectivity index (χ2v) is 6.00. The van der Waals surface area contributed by atoms with Gasteiger partial charge in [-0.25, -0.2) is 9.97 Å². The Morgan fingerprint density at radius 1 is 1.15 bits per heavy atom. The zero-order valence-electron chi connectivity index (χ0n) is 11.0. The second-order valence-electron chi connectivity index (χ2n) is 4.97. The van der Waals surface area contributed by atoms with Gasteiger partial charge in [0.15, 0.2) is 0 Å². The number of anilines is 1. The first kappa shape index (κ1) is 11.8. The molecule has 0 radical (unpaired) electrons. The molecule has 1 fully saturated rings. The lowest BCUT2D eigenvalue weighted by molar-refractivity contribution is 0.940. The van der Waals surface area contributed by atoms with Gasteiger partial charge in [-0.05, 0) is 25.0 Å². The molecule has 0 bridgehead atoms. The SMILES string of the molecule is c1cncc(-c2nc3cnc(N4CCCC4)cc3s2)c1. The van der Waals surface area contributed by atoms with Gasteiger partial charge in [0.1, 0.15) is 16.3 Å². The van der Waals surface area contributed by atoms with Gasteiger partial charge in [-0.15, -0.1) is 11.3 Å². The molecule has 0 atom stereocenters. The smallest absolute Gasteiger partial charge is 0.130 e. The minimum absolute atomic E-state index is 0.969. The van der Waals surface area contributed by atoms with Crippen molar-refractivity contribution in [1.82, 2.24) is 15.0 Å². The summed E-state index contributed by atoms with van der Waals surface area (Å²) in [6, 6.07) is 6.15. The monoisotopic (exact) mass is 282 g/mol.